The first kappa shape index (κ1) is 16.6. The van der Waals surface area contributed by atoms with Gasteiger partial charge in [0.25, 0.3) is 10.0 Å². The van der Waals surface area contributed by atoms with E-state index in [4.69, 9.17) is 4.74 Å². The Hall–Kier alpha value is -1.85. The summed E-state index contributed by atoms with van der Waals surface area (Å²) < 4.78 is 34.5. The molecule has 2 aromatic carbocycles. The van der Waals surface area contributed by atoms with E-state index in [9.17, 15) is 8.42 Å². The minimum Gasteiger partial charge on any atom is -0.373 e. The van der Waals surface area contributed by atoms with Crippen molar-refractivity contribution < 1.29 is 13.2 Å². The molecule has 0 aromatic heterocycles. The molecule has 0 saturated carbocycles. The van der Waals surface area contributed by atoms with Crippen molar-refractivity contribution in [3.8, 4) is 0 Å². The van der Waals surface area contributed by atoms with Crippen LogP contribution < -0.4 is 4.31 Å². The minimum absolute atomic E-state index is 0.00980. The smallest absolute Gasteiger partial charge is 0.264 e. The van der Waals surface area contributed by atoms with Gasteiger partial charge in [0.15, 0.2) is 0 Å². The molecule has 132 valence electrons. The number of hydrogen-bond donors (Lipinski definition) is 0. The monoisotopic (exact) mass is 357 g/mol. The van der Waals surface area contributed by atoms with Gasteiger partial charge in [-0.15, -0.1) is 0 Å². The fourth-order valence-corrected chi connectivity index (χ4v) is 5.84. The van der Waals surface area contributed by atoms with Crippen LogP contribution in [-0.2, 0) is 14.8 Å². The normalized spacial score (nSPS) is 26.0. The summed E-state index contributed by atoms with van der Waals surface area (Å²) in [5.74, 6) is 0.184. The minimum atomic E-state index is -3.61. The molecule has 0 aliphatic carbocycles. The molecule has 0 spiro atoms. The highest BCUT2D eigenvalue weighted by Gasteiger charge is 2.45. The van der Waals surface area contributed by atoms with Crippen LogP contribution in [0.25, 0.3) is 0 Å². The van der Waals surface area contributed by atoms with E-state index in [0.717, 1.165) is 36.3 Å². The van der Waals surface area contributed by atoms with Crippen LogP contribution in [0, 0.1) is 12.8 Å². The second kappa shape index (κ2) is 6.15. The van der Waals surface area contributed by atoms with Gasteiger partial charge < -0.3 is 4.74 Å². The summed E-state index contributed by atoms with van der Waals surface area (Å²) in [6, 6.07) is 14.7. The second-order valence-corrected chi connectivity index (χ2v) is 8.83. The van der Waals surface area contributed by atoms with E-state index in [1.165, 1.54) is 0 Å². The summed E-state index contributed by atoms with van der Waals surface area (Å²) in [5.41, 5.74) is 2.78. The topological polar surface area (TPSA) is 46.6 Å². The fourth-order valence-electron chi connectivity index (χ4n) is 4.11. The third-order valence-corrected chi connectivity index (χ3v) is 7.33. The van der Waals surface area contributed by atoms with Gasteiger partial charge in [0, 0.05) is 24.1 Å². The van der Waals surface area contributed by atoms with E-state index >= 15 is 0 Å². The van der Waals surface area contributed by atoms with Crippen molar-refractivity contribution in [3.05, 3.63) is 59.7 Å². The molecule has 3 atom stereocenters. The molecule has 1 saturated heterocycles. The van der Waals surface area contributed by atoms with Gasteiger partial charge in [-0.25, -0.2) is 8.42 Å². The summed E-state index contributed by atoms with van der Waals surface area (Å²) in [6.07, 6.45) is 1.95. The van der Waals surface area contributed by atoms with Gasteiger partial charge in [0.1, 0.15) is 0 Å². The first-order valence-electron chi connectivity index (χ1n) is 8.82. The molecule has 5 heteroatoms. The van der Waals surface area contributed by atoms with Crippen LogP contribution >= 0.6 is 0 Å². The van der Waals surface area contributed by atoms with E-state index < -0.39 is 10.0 Å². The number of benzene rings is 2. The Labute approximate surface area is 149 Å². The largest absolute Gasteiger partial charge is 0.373 e. The molecule has 2 heterocycles. The SMILES string of the molecule is Cc1ccc(S(=O)(=O)N2c3ccccc3[C@@H]3OCCC[C@H]3[C@H]2C)cc1. The summed E-state index contributed by atoms with van der Waals surface area (Å²) >= 11 is 0. The number of anilines is 1. The van der Waals surface area contributed by atoms with E-state index in [0.29, 0.717) is 4.90 Å². The number of ether oxygens (including phenoxy) is 1. The molecule has 0 amide bonds. The maximum absolute atomic E-state index is 13.4. The maximum Gasteiger partial charge on any atom is 0.264 e. The van der Waals surface area contributed by atoms with Crippen molar-refractivity contribution in [3.63, 3.8) is 0 Å². The van der Waals surface area contributed by atoms with Gasteiger partial charge in [-0.3, -0.25) is 4.31 Å². The Morgan fingerprint density at radius 1 is 1.08 bits per heavy atom. The summed E-state index contributed by atoms with van der Waals surface area (Å²) in [5, 5.41) is 0. The summed E-state index contributed by atoms with van der Waals surface area (Å²) in [7, 11) is -3.61. The summed E-state index contributed by atoms with van der Waals surface area (Å²) in [4.78, 5) is 0.343. The van der Waals surface area contributed by atoms with Gasteiger partial charge in [-0.05, 0) is 44.9 Å². The fraction of sp³-hybridized carbons (Fsp3) is 0.400. The van der Waals surface area contributed by atoms with Gasteiger partial charge in [0.05, 0.1) is 16.7 Å². The predicted octanol–water partition coefficient (Wildman–Crippen LogP) is 4.06. The molecule has 0 N–H and O–H groups in total. The van der Waals surface area contributed by atoms with E-state index in [2.05, 4.69) is 0 Å². The molecule has 4 nitrogen and oxygen atoms in total. The maximum atomic E-state index is 13.4. The number of hydrogen-bond acceptors (Lipinski definition) is 3. The van der Waals surface area contributed by atoms with Crippen LogP contribution in [0.2, 0.25) is 0 Å². The van der Waals surface area contributed by atoms with Crippen LogP contribution in [0.1, 0.15) is 37.0 Å². The van der Waals surface area contributed by atoms with Gasteiger partial charge in [-0.1, -0.05) is 35.9 Å². The van der Waals surface area contributed by atoms with Crippen LogP contribution in [0.15, 0.2) is 53.4 Å². The van der Waals surface area contributed by atoms with Crippen LogP contribution in [-0.4, -0.2) is 21.1 Å². The predicted molar refractivity (Wildman–Crippen MR) is 98.2 cm³/mol. The van der Waals surface area contributed by atoms with Crippen molar-refractivity contribution in [2.24, 2.45) is 5.92 Å². The van der Waals surface area contributed by atoms with Crippen LogP contribution in [0.4, 0.5) is 5.69 Å². The molecule has 0 bridgehead atoms. The number of para-hydroxylation sites is 1. The molecule has 2 aliphatic heterocycles. The molecule has 2 aromatic rings. The molecule has 25 heavy (non-hydrogen) atoms. The number of sulfonamides is 1. The van der Waals surface area contributed by atoms with E-state index in [-0.39, 0.29) is 18.1 Å². The Morgan fingerprint density at radius 2 is 1.80 bits per heavy atom. The van der Waals surface area contributed by atoms with Gasteiger partial charge in [-0.2, -0.15) is 0 Å². The lowest BCUT2D eigenvalue weighted by atomic mass is 9.81. The van der Waals surface area contributed by atoms with Gasteiger partial charge >= 0.3 is 0 Å². The molecule has 4 rings (SSSR count). The van der Waals surface area contributed by atoms with E-state index in [1.54, 1.807) is 16.4 Å². The highest BCUT2D eigenvalue weighted by molar-refractivity contribution is 7.92. The highest BCUT2D eigenvalue weighted by Crippen LogP contribution is 2.48. The zero-order chi connectivity index (χ0) is 17.6. The molecule has 1 fully saturated rings. The Bertz CT molecular complexity index is 876. The average molecular weight is 357 g/mol. The third kappa shape index (κ3) is 2.66. The Kier molecular flexibility index (Phi) is 4.08. The first-order valence-corrected chi connectivity index (χ1v) is 10.3. The average Bonchev–Trinajstić information content (AvgIpc) is 2.62. The highest BCUT2D eigenvalue weighted by atomic mass is 32.2. The Balaban J connectivity index is 1.86. The van der Waals surface area contributed by atoms with Crippen molar-refractivity contribution in [2.45, 2.75) is 43.7 Å². The molecule has 0 unspecified atom stereocenters. The number of rotatable bonds is 2. The van der Waals surface area contributed by atoms with Crippen LogP contribution in [0.5, 0.6) is 0 Å². The zero-order valence-electron chi connectivity index (χ0n) is 14.6. The van der Waals surface area contributed by atoms with E-state index in [1.807, 2.05) is 50.2 Å². The van der Waals surface area contributed by atoms with Gasteiger partial charge in [0.2, 0.25) is 0 Å². The second-order valence-electron chi connectivity index (χ2n) is 7.01. The van der Waals surface area contributed by atoms with Crippen molar-refractivity contribution in [1.29, 1.82) is 0 Å². The lowest BCUT2D eigenvalue weighted by Gasteiger charge is -2.47. The molecular formula is C20H23NO3S. The third-order valence-electron chi connectivity index (χ3n) is 5.42. The lowest BCUT2D eigenvalue weighted by molar-refractivity contribution is -0.0379. The quantitative estimate of drug-likeness (QED) is 0.814. The molecule has 2 aliphatic rings. The number of aryl methyl sites for hydroxylation is 1. The first-order chi connectivity index (χ1) is 12.0. The van der Waals surface area contributed by atoms with Crippen molar-refractivity contribution in [2.75, 3.05) is 10.9 Å². The molecular weight excluding hydrogens is 334 g/mol. The van der Waals surface area contributed by atoms with Crippen molar-refractivity contribution in [1.82, 2.24) is 0 Å². The number of nitrogens with zero attached hydrogens (tertiary/aromatic N) is 1. The van der Waals surface area contributed by atoms with Crippen molar-refractivity contribution >= 4 is 15.7 Å². The lowest BCUT2D eigenvalue weighted by Crippen LogP contribution is -2.50. The Morgan fingerprint density at radius 3 is 2.56 bits per heavy atom. The molecule has 0 radical (unpaired) electrons. The standard InChI is InChI=1S/C20H23NO3S/c1-14-9-11-16(12-10-14)25(22,23)21-15(2)17-7-5-13-24-20(17)18-6-3-4-8-19(18)21/h3-4,6,8-12,15,17,20H,5,7,13H2,1-2H3/t15-,17+,20-/m1/s1. The zero-order valence-corrected chi connectivity index (χ0v) is 15.4. The van der Waals surface area contributed by atoms with Crippen LogP contribution in [0.3, 0.4) is 0 Å². The summed E-state index contributed by atoms with van der Waals surface area (Å²) in [6.45, 7) is 4.71. The number of fused-ring (bicyclic) bond motifs is 3.